The van der Waals surface area contributed by atoms with Crippen molar-refractivity contribution in [1.82, 2.24) is 5.32 Å². The van der Waals surface area contributed by atoms with Crippen molar-refractivity contribution in [1.29, 1.82) is 0 Å². The van der Waals surface area contributed by atoms with Gasteiger partial charge in [0.1, 0.15) is 13.2 Å². The molecule has 0 radical (unpaired) electrons. The van der Waals surface area contributed by atoms with Crippen molar-refractivity contribution in [2.75, 3.05) is 40.9 Å². The molecule has 8 nitrogen and oxygen atoms in total. The number of nitrogens with zero attached hydrogens (tertiary/aromatic N) is 1. The molecular weight excluding hydrogens is 719 g/mol. The van der Waals surface area contributed by atoms with Gasteiger partial charge in [0.05, 0.1) is 39.9 Å². The zero-order valence-electron chi connectivity index (χ0n) is 36.6. The van der Waals surface area contributed by atoms with Gasteiger partial charge < -0.3 is 28.8 Å². The number of unbranched alkanes of at least 4 members (excludes halogenated alkanes) is 17. The highest BCUT2D eigenvalue weighted by Crippen LogP contribution is 2.38. The smallest absolute Gasteiger partial charge is 0.268 e. The SMILES string of the molecule is C/C=C/CC/C=C/CC/C=C/C(O)C(COP(=O)([O-])OCC[N+](C)(C)C)NC(=O)CCCCCCCCCCCC/C=C\C/C=C\C/C=C\CCCCCCC. The predicted octanol–water partition coefficient (Wildman–Crippen LogP) is 11.8. The fourth-order valence-electron chi connectivity index (χ4n) is 5.90. The van der Waals surface area contributed by atoms with Crippen LogP contribution >= 0.6 is 7.82 Å². The molecule has 0 heterocycles. The third-order valence-electron chi connectivity index (χ3n) is 9.46. The summed E-state index contributed by atoms with van der Waals surface area (Å²) in [5.41, 5.74) is 0. The second kappa shape index (κ2) is 38.5. The third kappa shape index (κ3) is 40.1. The van der Waals surface area contributed by atoms with Gasteiger partial charge in [-0.25, -0.2) is 0 Å². The minimum absolute atomic E-state index is 0.0135. The van der Waals surface area contributed by atoms with Crippen molar-refractivity contribution in [3.63, 3.8) is 0 Å². The number of quaternary nitrogens is 1. The minimum atomic E-state index is -4.60. The van der Waals surface area contributed by atoms with Crippen molar-refractivity contribution in [3.05, 3.63) is 72.9 Å². The number of phosphoric acid groups is 1. The summed E-state index contributed by atoms with van der Waals surface area (Å²) in [6.07, 6.45) is 51.3. The van der Waals surface area contributed by atoms with E-state index in [2.05, 4.69) is 66.9 Å². The van der Waals surface area contributed by atoms with Gasteiger partial charge in [-0.15, -0.1) is 0 Å². The van der Waals surface area contributed by atoms with Gasteiger partial charge >= 0.3 is 0 Å². The summed E-state index contributed by atoms with van der Waals surface area (Å²) >= 11 is 0. The third-order valence-corrected chi connectivity index (χ3v) is 10.4. The highest BCUT2D eigenvalue weighted by atomic mass is 31.2. The van der Waals surface area contributed by atoms with Crippen LogP contribution in [0.5, 0.6) is 0 Å². The van der Waals surface area contributed by atoms with Crippen LogP contribution in [-0.2, 0) is 18.4 Å². The molecule has 3 atom stereocenters. The summed E-state index contributed by atoms with van der Waals surface area (Å²) in [5, 5.41) is 13.7. The molecular formula is C47H85N2O6P. The average molecular weight is 805 g/mol. The lowest BCUT2D eigenvalue weighted by Crippen LogP contribution is -2.45. The summed E-state index contributed by atoms with van der Waals surface area (Å²) in [4.78, 5) is 25.2. The van der Waals surface area contributed by atoms with E-state index < -0.39 is 26.6 Å². The van der Waals surface area contributed by atoms with E-state index in [4.69, 9.17) is 9.05 Å². The van der Waals surface area contributed by atoms with Crippen LogP contribution in [0.3, 0.4) is 0 Å². The zero-order valence-corrected chi connectivity index (χ0v) is 37.5. The van der Waals surface area contributed by atoms with Crippen LogP contribution in [-0.4, -0.2) is 68.5 Å². The van der Waals surface area contributed by atoms with E-state index in [1.165, 1.54) is 89.9 Å². The maximum atomic E-state index is 12.8. The highest BCUT2D eigenvalue weighted by Gasteiger charge is 2.23. The van der Waals surface area contributed by atoms with E-state index in [9.17, 15) is 19.4 Å². The number of rotatable bonds is 39. The average Bonchev–Trinajstić information content (AvgIpc) is 3.15. The molecule has 1 amide bonds. The van der Waals surface area contributed by atoms with Crippen LogP contribution in [0.15, 0.2) is 72.9 Å². The first kappa shape index (κ1) is 53.9. The minimum Gasteiger partial charge on any atom is -0.756 e. The number of aliphatic hydroxyl groups excluding tert-OH is 1. The number of hydrogen-bond donors (Lipinski definition) is 2. The molecule has 3 unspecified atom stereocenters. The largest absolute Gasteiger partial charge is 0.756 e. The number of hydrogen-bond acceptors (Lipinski definition) is 6. The van der Waals surface area contributed by atoms with Crippen LogP contribution in [0.25, 0.3) is 0 Å². The first-order valence-corrected chi connectivity index (χ1v) is 23.7. The molecule has 0 aromatic carbocycles. The molecule has 0 saturated heterocycles. The van der Waals surface area contributed by atoms with Crippen LogP contribution in [0.4, 0.5) is 0 Å². The fraction of sp³-hybridized carbons (Fsp3) is 0.723. The lowest BCUT2D eigenvalue weighted by molar-refractivity contribution is -0.870. The standard InChI is InChI=1S/C47H85N2O6P/c1-6-8-10-12-14-16-17-18-19-20-21-22-23-24-25-26-27-28-29-30-31-33-35-37-39-41-47(51)48-45(44-55-56(52,53)54-43-42-49(3,4)5)46(50)40-38-36-34-32-15-13-11-9-7-2/h7,9,15,17-18,20-21,23-24,32,38,40,45-46,50H,6,8,10-14,16,19,22,25-31,33-37,39,41-44H2,1-5H3,(H-,48,51,52,53)/b9-7+,18-17-,21-20-,24-23-,32-15+,40-38+. The van der Waals surface area contributed by atoms with Gasteiger partial charge in [0.2, 0.25) is 5.91 Å². The molecule has 0 aliphatic heterocycles. The van der Waals surface area contributed by atoms with E-state index in [1.807, 2.05) is 40.2 Å². The molecule has 0 aliphatic rings. The summed E-state index contributed by atoms with van der Waals surface area (Å²) < 4.78 is 23.1. The van der Waals surface area contributed by atoms with Crippen molar-refractivity contribution in [2.45, 2.75) is 180 Å². The van der Waals surface area contributed by atoms with Gasteiger partial charge in [0.25, 0.3) is 7.82 Å². The first-order valence-electron chi connectivity index (χ1n) is 22.3. The Balaban J connectivity index is 4.24. The quantitative estimate of drug-likeness (QED) is 0.0277. The Morgan fingerprint density at radius 1 is 0.661 bits per heavy atom. The van der Waals surface area contributed by atoms with Crippen LogP contribution in [0.2, 0.25) is 0 Å². The molecule has 324 valence electrons. The molecule has 0 aromatic heterocycles. The predicted molar refractivity (Wildman–Crippen MR) is 237 cm³/mol. The summed E-state index contributed by atoms with van der Waals surface area (Å²) in [6.45, 7) is 4.34. The van der Waals surface area contributed by atoms with Gasteiger partial charge in [-0.2, -0.15) is 0 Å². The first-order chi connectivity index (χ1) is 27.0. The van der Waals surface area contributed by atoms with E-state index >= 15 is 0 Å². The molecule has 9 heteroatoms. The van der Waals surface area contributed by atoms with Crippen LogP contribution < -0.4 is 10.2 Å². The molecule has 0 aromatic rings. The highest BCUT2D eigenvalue weighted by molar-refractivity contribution is 7.45. The second-order valence-corrected chi connectivity index (χ2v) is 17.5. The molecule has 0 saturated carbocycles. The Bertz CT molecular complexity index is 1140. The van der Waals surface area contributed by atoms with Crippen molar-refractivity contribution in [2.24, 2.45) is 0 Å². The van der Waals surface area contributed by atoms with Gasteiger partial charge in [0.15, 0.2) is 0 Å². The van der Waals surface area contributed by atoms with Gasteiger partial charge in [-0.3, -0.25) is 9.36 Å². The van der Waals surface area contributed by atoms with Crippen molar-refractivity contribution < 1.29 is 32.9 Å². The van der Waals surface area contributed by atoms with Gasteiger partial charge in [-0.05, 0) is 77.6 Å². The fourth-order valence-corrected chi connectivity index (χ4v) is 6.63. The second-order valence-electron chi connectivity index (χ2n) is 16.0. The molecule has 0 fully saturated rings. The number of amides is 1. The topological polar surface area (TPSA) is 108 Å². The number of allylic oxidation sites excluding steroid dienone is 11. The lowest BCUT2D eigenvalue weighted by Gasteiger charge is -2.29. The number of phosphoric ester groups is 1. The summed E-state index contributed by atoms with van der Waals surface area (Å²) in [7, 11) is 1.22. The number of nitrogens with one attached hydrogen (secondary N) is 1. The monoisotopic (exact) mass is 805 g/mol. The zero-order chi connectivity index (χ0) is 41.4. The van der Waals surface area contributed by atoms with Gasteiger partial charge in [0, 0.05) is 6.42 Å². The molecule has 0 rings (SSSR count). The summed E-state index contributed by atoms with van der Waals surface area (Å²) in [6, 6.07) is -0.912. The number of carbonyl (C=O) groups is 1. The van der Waals surface area contributed by atoms with Crippen molar-refractivity contribution in [3.8, 4) is 0 Å². The Morgan fingerprint density at radius 2 is 1.12 bits per heavy atom. The van der Waals surface area contributed by atoms with Crippen molar-refractivity contribution >= 4 is 13.7 Å². The molecule has 0 spiro atoms. The maximum absolute atomic E-state index is 12.8. The number of likely N-dealkylation sites (N-methyl/N-ethyl adjacent to an activating group) is 1. The maximum Gasteiger partial charge on any atom is 0.268 e. The molecule has 2 N–H and O–H groups in total. The lowest BCUT2D eigenvalue weighted by atomic mass is 10.0. The van der Waals surface area contributed by atoms with E-state index in [1.54, 1.807) is 6.08 Å². The van der Waals surface area contributed by atoms with Gasteiger partial charge in [-0.1, -0.05) is 157 Å². The van der Waals surface area contributed by atoms with E-state index in [0.717, 1.165) is 57.8 Å². The molecule has 0 aliphatic carbocycles. The van der Waals surface area contributed by atoms with Crippen LogP contribution in [0.1, 0.15) is 168 Å². The number of aliphatic hydroxyl groups is 1. The Hall–Kier alpha value is -2.06. The molecule has 0 bridgehead atoms. The normalized spacial score (nSPS) is 15.1. The summed E-state index contributed by atoms with van der Waals surface area (Å²) in [5.74, 6) is -0.223. The van der Waals surface area contributed by atoms with Crippen LogP contribution in [0, 0.1) is 0 Å². The van der Waals surface area contributed by atoms with E-state index in [0.29, 0.717) is 17.4 Å². The Labute approximate surface area is 344 Å². The molecule has 56 heavy (non-hydrogen) atoms. The number of carbonyl (C=O) groups excluding carboxylic acids is 1. The van der Waals surface area contributed by atoms with E-state index in [-0.39, 0.29) is 12.5 Å². The Morgan fingerprint density at radius 3 is 1.66 bits per heavy atom. The Kier molecular flexibility index (Phi) is 37.0.